The molecule has 0 atom stereocenters. The van der Waals surface area contributed by atoms with Crippen molar-refractivity contribution in [2.45, 2.75) is 44.6 Å². The fraction of sp³-hybridized carbons (Fsp3) is 0.212. The van der Waals surface area contributed by atoms with Gasteiger partial charge in [0, 0.05) is 16.8 Å². The van der Waals surface area contributed by atoms with E-state index in [1.165, 1.54) is 17.7 Å². The first-order chi connectivity index (χ1) is 20.9. The lowest BCUT2D eigenvalue weighted by atomic mass is 9.87. The highest BCUT2D eigenvalue weighted by Crippen LogP contribution is 2.27. The number of hydrogen-bond donors (Lipinski definition) is 3. The average molecular weight is 636 g/mol. The average Bonchev–Trinajstić information content (AvgIpc) is 3.00. The molecule has 3 N–H and O–H groups in total. The van der Waals surface area contributed by atoms with Crippen molar-refractivity contribution in [2.75, 3.05) is 11.3 Å². The van der Waals surface area contributed by atoms with Gasteiger partial charge in [-0.05, 0) is 90.2 Å². The summed E-state index contributed by atoms with van der Waals surface area (Å²) >= 11 is 6.17. The minimum Gasteiger partial charge on any atom is -0.494 e. The predicted molar refractivity (Wildman–Crippen MR) is 171 cm³/mol. The maximum atomic E-state index is 13.0. The summed E-state index contributed by atoms with van der Waals surface area (Å²) in [4.78, 5) is 25.1. The quantitative estimate of drug-likeness (QED) is 0.171. The summed E-state index contributed by atoms with van der Waals surface area (Å²) in [5.74, 6) is 0.0576. The van der Waals surface area contributed by atoms with E-state index in [-0.39, 0.29) is 20.9 Å². The Morgan fingerprint density at radius 1 is 0.750 bits per heavy atom. The standard InChI is InChI=1S/C33H34ClN3O6S/c1-5-42-27-17-13-26(14-18-27)37-44(40,41)30-20-24(10-19-29(30)34)32(39)36-35-31(38)23-8-6-22(7-9-23)21-43-28-15-11-25(12-16-28)33(2,3)4/h6-20,37H,5,21H2,1-4H3,(H,35,38)(H,36,39). The Kier molecular flexibility index (Phi) is 10.2. The van der Waals surface area contributed by atoms with E-state index >= 15 is 0 Å². The molecule has 4 rings (SSSR count). The summed E-state index contributed by atoms with van der Waals surface area (Å²) in [7, 11) is -4.13. The van der Waals surface area contributed by atoms with Crippen molar-refractivity contribution >= 4 is 39.1 Å². The second kappa shape index (κ2) is 13.8. The molecule has 4 aromatic rings. The zero-order valence-corrected chi connectivity index (χ0v) is 26.4. The van der Waals surface area contributed by atoms with Gasteiger partial charge in [-0.3, -0.25) is 25.2 Å². The van der Waals surface area contributed by atoms with E-state index in [0.717, 1.165) is 17.4 Å². The molecular weight excluding hydrogens is 602 g/mol. The largest absolute Gasteiger partial charge is 0.494 e. The first-order valence-corrected chi connectivity index (χ1v) is 15.7. The van der Waals surface area contributed by atoms with E-state index in [1.807, 2.05) is 31.2 Å². The van der Waals surface area contributed by atoms with Crippen LogP contribution < -0.4 is 25.0 Å². The van der Waals surface area contributed by atoms with Crippen LogP contribution in [0.2, 0.25) is 5.02 Å². The number of benzene rings is 4. The number of amides is 2. The molecule has 0 radical (unpaired) electrons. The third-order valence-corrected chi connectivity index (χ3v) is 8.39. The molecule has 0 bridgehead atoms. The van der Waals surface area contributed by atoms with Crippen molar-refractivity contribution in [1.29, 1.82) is 0 Å². The number of halogens is 1. The molecule has 11 heteroatoms. The van der Waals surface area contributed by atoms with Crippen molar-refractivity contribution < 1.29 is 27.5 Å². The molecule has 0 unspecified atom stereocenters. The van der Waals surface area contributed by atoms with Gasteiger partial charge in [-0.1, -0.05) is 56.6 Å². The normalized spacial score (nSPS) is 11.4. The Labute approximate surface area is 262 Å². The van der Waals surface area contributed by atoms with E-state index in [1.54, 1.807) is 48.5 Å². The van der Waals surface area contributed by atoms with Crippen LogP contribution in [0.25, 0.3) is 0 Å². The molecule has 0 aliphatic heterocycles. The van der Waals surface area contributed by atoms with Crippen LogP contribution in [0.3, 0.4) is 0 Å². The zero-order chi connectivity index (χ0) is 31.9. The Morgan fingerprint density at radius 2 is 1.30 bits per heavy atom. The molecular formula is C33H34ClN3O6S. The maximum absolute atomic E-state index is 13.0. The first kappa shape index (κ1) is 32.4. The molecule has 4 aromatic carbocycles. The first-order valence-electron chi connectivity index (χ1n) is 13.8. The summed E-state index contributed by atoms with van der Waals surface area (Å²) in [6.07, 6.45) is 0. The number of hydrogen-bond acceptors (Lipinski definition) is 6. The van der Waals surface area contributed by atoms with E-state index < -0.39 is 21.8 Å². The minimum absolute atomic E-state index is 0.0233. The summed E-state index contributed by atoms with van der Waals surface area (Å²) in [5, 5.41) is -0.0741. The molecule has 0 heterocycles. The molecule has 0 fully saturated rings. The highest BCUT2D eigenvalue weighted by atomic mass is 35.5. The second-order valence-electron chi connectivity index (χ2n) is 10.9. The Morgan fingerprint density at radius 3 is 1.89 bits per heavy atom. The number of nitrogens with one attached hydrogen (secondary N) is 3. The van der Waals surface area contributed by atoms with E-state index in [9.17, 15) is 18.0 Å². The van der Waals surface area contributed by atoms with Crippen LogP contribution in [0, 0.1) is 0 Å². The van der Waals surface area contributed by atoms with Crippen LogP contribution in [-0.2, 0) is 22.0 Å². The minimum atomic E-state index is -4.13. The molecule has 9 nitrogen and oxygen atoms in total. The second-order valence-corrected chi connectivity index (χ2v) is 12.9. The molecule has 0 saturated carbocycles. The number of anilines is 1. The number of carbonyl (C=O) groups excluding carboxylic acids is 2. The number of sulfonamides is 1. The highest BCUT2D eigenvalue weighted by molar-refractivity contribution is 7.92. The lowest BCUT2D eigenvalue weighted by Gasteiger charge is -2.19. The highest BCUT2D eigenvalue weighted by Gasteiger charge is 2.21. The van der Waals surface area contributed by atoms with Gasteiger partial charge in [0.2, 0.25) is 0 Å². The van der Waals surface area contributed by atoms with Gasteiger partial charge in [0.05, 0.1) is 11.6 Å². The van der Waals surface area contributed by atoms with E-state index in [0.29, 0.717) is 30.2 Å². The SMILES string of the molecule is CCOc1ccc(NS(=O)(=O)c2cc(C(=O)NNC(=O)c3ccc(COc4ccc(C(C)(C)C)cc4)cc3)ccc2Cl)cc1. The lowest BCUT2D eigenvalue weighted by Crippen LogP contribution is -2.41. The Hall–Kier alpha value is -4.54. The number of ether oxygens (including phenoxy) is 2. The van der Waals surface area contributed by atoms with Crippen LogP contribution in [0.15, 0.2) is 95.9 Å². The molecule has 44 heavy (non-hydrogen) atoms. The number of hydrazine groups is 1. The number of rotatable bonds is 10. The predicted octanol–water partition coefficient (Wildman–Crippen LogP) is 6.49. The maximum Gasteiger partial charge on any atom is 0.269 e. The van der Waals surface area contributed by atoms with Gasteiger partial charge < -0.3 is 9.47 Å². The molecule has 0 saturated heterocycles. The summed E-state index contributed by atoms with van der Waals surface area (Å²) in [6.45, 7) is 9.09. The van der Waals surface area contributed by atoms with Gasteiger partial charge in [-0.25, -0.2) is 8.42 Å². The van der Waals surface area contributed by atoms with E-state index in [2.05, 4.69) is 36.3 Å². The summed E-state index contributed by atoms with van der Waals surface area (Å²) in [5.41, 5.74) is 7.35. The van der Waals surface area contributed by atoms with Crippen molar-refractivity contribution in [3.8, 4) is 11.5 Å². The van der Waals surface area contributed by atoms with Gasteiger partial charge in [0.15, 0.2) is 0 Å². The molecule has 0 aromatic heterocycles. The van der Waals surface area contributed by atoms with Crippen molar-refractivity contribution in [2.24, 2.45) is 0 Å². The molecule has 0 spiro atoms. The molecule has 230 valence electrons. The van der Waals surface area contributed by atoms with Gasteiger partial charge in [-0.15, -0.1) is 0 Å². The van der Waals surface area contributed by atoms with Gasteiger partial charge in [-0.2, -0.15) is 0 Å². The van der Waals surface area contributed by atoms with Crippen molar-refractivity contribution in [3.63, 3.8) is 0 Å². The summed E-state index contributed by atoms with van der Waals surface area (Å²) in [6, 6.07) is 24.8. The van der Waals surface area contributed by atoms with Crippen LogP contribution in [0.4, 0.5) is 5.69 Å². The van der Waals surface area contributed by atoms with Gasteiger partial charge in [0.25, 0.3) is 21.8 Å². The lowest BCUT2D eigenvalue weighted by molar-refractivity contribution is 0.0846. The summed E-state index contributed by atoms with van der Waals surface area (Å²) < 4.78 is 39.7. The van der Waals surface area contributed by atoms with Crippen LogP contribution >= 0.6 is 11.6 Å². The molecule has 2 amide bonds. The smallest absolute Gasteiger partial charge is 0.269 e. The van der Waals surface area contributed by atoms with Crippen LogP contribution in [0.5, 0.6) is 11.5 Å². The third-order valence-electron chi connectivity index (χ3n) is 6.53. The van der Waals surface area contributed by atoms with Crippen molar-refractivity contribution in [1.82, 2.24) is 10.9 Å². The zero-order valence-electron chi connectivity index (χ0n) is 24.8. The monoisotopic (exact) mass is 635 g/mol. The third kappa shape index (κ3) is 8.52. The van der Waals surface area contributed by atoms with Crippen LogP contribution in [0.1, 0.15) is 59.5 Å². The fourth-order valence-corrected chi connectivity index (χ4v) is 5.66. The number of carbonyl (C=O) groups is 2. The topological polar surface area (TPSA) is 123 Å². The van der Waals surface area contributed by atoms with Gasteiger partial charge >= 0.3 is 0 Å². The van der Waals surface area contributed by atoms with Crippen molar-refractivity contribution in [3.05, 3.63) is 118 Å². The van der Waals surface area contributed by atoms with Crippen LogP contribution in [-0.4, -0.2) is 26.8 Å². The Bertz CT molecular complexity index is 1720. The molecule has 0 aliphatic rings. The Balaban J connectivity index is 1.33. The fourth-order valence-electron chi connectivity index (χ4n) is 4.07. The van der Waals surface area contributed by atoms with Gasteiger partial charge in [0.1, 0.15) is 23.0 Å². The van der Waals surface area contributed by atoms with E-state index in [4.69, 9.17) is 21.1 Å². The molecule has 0 aliphatic carbocycles.